The molecule has 6 N–H and O–H groups in total. The van der Waals surface area contributed by atoms with Crippen molar-refractivity contribution in [3.8, 4) is 0 Å². The second-order valence-electron chi connectivity index (χ2n) is 5.03. The molecule has 1 aromatic carbocycles. The predicted molar refractivity (Wildman–Crippen MR) is 78.7 cm³/mol. The van der Waals surface area contributed by atoms with Crippen LogP contribution >= 0.6 is 11.6 Å². The number of hydrogen-bond donors (Lipinski definition) is 6. The standard InChI is InChI=1S/C14H14ClNO7/c15-14(23,11(19)12(20)21)13(22,10(18)6-17)9-5-7-3-1-2-4-8(7)16-9/h1-6,10-11,16,18-19,22-23H,(H,20,21)/t10-,11+,13+,14+/m0/s1. The van der Waals surface area contributed by atoms with Crippen LogP contribution in [0.25, 0.3) is 10.9 Å². The molecule has 0 amide bonds. The topological polar surface area (TPSA) is 151 Å². The summed E-state index contributed by atoms with van der Waals surface area (Å²) in [5.41, 5.74) is -2.87. The summed E-state index contributed by atoms with van der Waals surface area (Å²) in [4.78, 5) is 24.5. The molecular formula is C14H14ClNO7. The normalized spacial score (nSPS) is 19.5. The van der Waals surface area contributed by atoms with Crippen LogP contribution < -0.4 is 0 Å². The second kappa shape index (κ2) is 5.91. The van der Waals surface area contributed by atoms with E-state index in [2.05, 4.69) is 4.98 Å². The molecule has 0 aliphatic heterocycles. The molecule has 124 valence electrons. The van der Waals surface area contributed by atoms with E-state index >= 15 is 0 Å². The highest BCUT2D eigenvalue weighted by molar-refractivity contribution is 6.25. The summed E-state index contributed by atoms with van der Waals surface area (Å²) < 4.78 is 0. The van der Waals surface area contributed by atoms with Crippen molar-refractivity contribution in [3.05, 3.63) is 36.0 Å². The average Bonchev–Trinajstić information content (AvgIpc) is 2.96. The molecule has 0 radical (unpaired) electrons. The predicted octanol–water partition coefficient (Wildman–Crippen LogP) is -0.712. The first-order valence-corrected chi connectivity index (χ1v) is 6.80. The first-order chi connectivity index (χ1) is 10.7. The monoisotopic (exact) mass is 343 g/mol. The number of rotatable bonds is 6. The van der Waals surface area contributed by atoms with Crippen molar-refractivity contribution in [2.45, 2.75) is 22.9 Å². The minimum absolute atomic E-state index is 0.132. The largest absolute Gasteiger partial charge is 0.479 e. The Kier molecular flexibility index (Phi) is 4.47. The Hall–Kier alpha value is -1.97. The first kappa shape index (κ1) is 17.4. The van der Waals surface area contributed by atoms with Gasteiger partial charge in [0, 0.05) is 5.52 Å². The second-order valence-corrected chi connectivity index (χ2v) is 5.61. The number of carbonyl (C=O) groups excluding carboxylic acids is 1. The van der Waals surface area contributed by atoms with Crippen LogP contribution in [-0.4, -0.2) is 60.0 Å². The van der Waals surface area contributed by atoms with Gasteiger partial charge < -0.3 is 35.3 Å². The number of para-hydroxylation sites is 1. The van der Waals surface area contributed by atoms with Gasteiger partial charge in [-0.25, -0.2) is 4.79 Å². The summed E-state index contributed by atoms with van der Waals surface area (Å²) in [5.74, 6) is -1.95. The van der Waals surface area contributed by atoms with Crippen LogP contribution in [0.15, 0.2) is 30.3 Å². The molecule has 1 heterocycles. The molecule has 2 aromatic rings. The Labute approximate surface area is 134 Å². The maximum absolute atomic E-state index is 11.0. The maximum Gasteiger partial charge on any atom is 0.337 e. The number of aromatic nitrogens is 1. The lowest BCUT2D eigenvalue weighted by Gasteiger charge is -2.41. The van der Waals surface area contributed by atoms with Crippen LogP contribution in [0.3, 0.4) is 0 Å². The van der Waals surface area contributed by atoms with Crippen LogP contribution in [0.4, 0.5) is 0 Å². The first-order valence-electron chi connectivity index (χ1n) is 6.42. The zero-order valence-electron chi connectivity index (χ0n) is 11.5. The minimum Gasteiger partial charge on any atom is -0.479 e. The van der Waals surface area contributed by atoms with E-state index in [1.807, 2.05) is 0 Å². The van der Waals surface area contributed by atoms with Gasteiger partial charge in [-0.15, -0.1) is 0 Å². The fourth-order valence-electron chi connectivity index (χ4n) is 2.30. The lowest BCUT2D eigenvalue weighted by Crippen LogP contribution is -2.63. The Balaban J connectivity index is 2.68. The number of aliphatic hydroxyl groups is 4. The molecule has 0 spiro atoms. The van der Waals surface area contributed by atoms with Crippen molar-refractivity contribution in [2.24, 2.45) is 0 Å². The van der Waals surface area contributed by atoms with Gasteiger partial charge in [-0.05, 0) is 17.5 Å². The summed E-state index contributed by atoms with van der Waals surface area (Å²) in [6, 6.07) is 7.84. The summed E-state index contributed by atoms with van der Waals surface area (Å²) >= 11 is 5.66. The van der Waals surface area contributed by atoms with E-state index in [1.54, 1.807) is 24.3 Å². The number of carbonyl (C=O) groups is 2. The molecule has 4 atom stereocenters. The lowest BCUT2D eigenvalue weighted by molar-refractivity contribution is -0.210. The lowest BCUT2D eigenvalue weighted by atomic mass is 9.83. The van der Waals surface area contributed by atoms with E-state index in [-0.39, 0.29) is 12.0 Å². The third-order valence-electron chi connectivity index (χ3n) is 3.63. The Morgan fingerprint density at radius 2 is 1.87 bits per heavy atom. The van der Waals surface area contributed by atoms with E-state index in [0.717, 1.165) is 0 Å². The van der Waals surface area contributed by atoms with Crippen LogP contribution in [0.5, 0.6) is 0 Å². The summed E-state index contributed by atoms with van der Waals surface area (Å²) in [6.07, 6.45) is -5.13. The highest BCUT2D eigenvalue weighted by Crippen LogP contribution is 2.42. The number of H-pyrrole nitrogens is 1. The number of alkyl halides is 1. The van der Waals surface area contributed by atoms with Gasteiger partial charge in [0.1, 0.15) is 6.10 Å². The molecule has 0 saturated heterocycles. The van der Waals surface area contributed by atoms with Crippen LogP contribution in [0.1, 0.15) is 5.69 Å². The number of hydrogen-bond acceptors (Lipinski definition) is 6. The van der Waals surface area contributed by atoms with Gasteiger partial charge in [0.05, 0.1) is 5.69 Å². The molecule has 2 rings (SSSR count). The van der Waals surface area contributed by atoms with Gasteiger partial charge in [-0.2, -0.15) is 0 Å². The molecule has 1 aromatic heterocycles. The molecule has 0 aliphatic carbocycles. The summed E-state index contributed by atoms with van der Waals surface area (Å²) in [5, 5.41) is 46.4. The Bertz CT molecular complexity index is 711. The molecule has 9 heteroatoms. The number of fused-ring (bicyclic) bond motifs is 1. The minimum atomic E-state index is -3.29. The zero-order valence-corrected chi connectivity index (χ0v) is 12.3. The van der Waals surface area contributed by atoms with E-state index in [9.17, 15) is 30.0 Å². The third-order valence-corrected chi connectivity index (χ3v) is 4.12. The number of aldehydes is 1. The molecule has 23 heavy (non-hydrogen) atoms. The SMILES string of the molecule is O=C[C@H](O)[C@](O)(c1cc2ccccc2[nH]1)[C@@](O)(Cl)[C@H](O)C(=O)O. The molecule has 0 unspecified atom stereocenters. The molecule has 0 fully saturated rings. The van der Waals surface area contributed by atoms with Crippen LogP contribution in [-0.2, 0) is 15.2 Å². The number of carboxylic acids is 1. The molecule has 0 saturated carbocycles. The van der Waals surface area contributed by atoms with E-state index in [1.165, 1.54) is 6.07 Å². The Morgan fingerprint density at radius 3 is 2.39 bits per heavy atom. The van der Waals surface area contributed by atoms with Crippen LogP contribution in [0, 0.1) is 0 Å². The molecule has 0 aliphatic rings. The van der Waals surface area contributed by atoms with E-state index in [4.69, 9.17) is 16.7 Å². The number of benzene rings is 1. The van der Waals surface area contributed by atoms with Gasteiger partial charge in [0.25, 0.3) is 0 Å². The van der Waals surface area contributed by atoms with Gasteiger partial charge in [0.15, 0.2) is 18.0 Å². The highest BCUT2D eigenvalue weighted by Gasteiger charge is 2.61. The molecule has 0 bridgehead atoms. The molecular weight excluding hydrogens is 330 g/mol. The van der Waals surface area contributed by atoms with Crippen molar-refractivity contribution in [3.63, 3.8) is 0 Å². The number of halogens is 1. The summed E-state index contributed by atoms with van der Waals surface area (Å²) in [7, 11) is 0. The van der Waals surface area contributed by atoms with Crippen LogP contribution in [0.2, 0.25) is 0 Å². The van der Waals surface area contributed by atoms with Gasteiger partial charge in [-0.1, -0.05) is 29.8 Å². The van der Waals surface area contributed by atoms with Crippen molar-refractivity contribution in [2.75, 3.05) is 0 Å². The fraction of sp³-hybridized carbons (Fsp3) is 0.286. The number of aliphatic carboxylic acids is 1. The number of carboxylic acid groups (broad SMARTS) is 1. The number of aromatic amines is 1. The quantitative estimate of drug-likeness (QED) is 0.299. The van der Waals surface area contributed by atoms with Crippen molar-refractivity contribution in [1.82, 2.24) is 4.98 Å². The maximum atomic E-state index is 11.0. The third kappa shape index (κ3) is 2.60. The number of nitrogens with one attached hydrogen (secondary N) is 1. The Morgan fingerprint density at radius 1 is 1.26 bits per heavy atom. The van der Waals surface area contributed by atoms with E-state index in [0.29, 0.717) is 10.9 Å². The smallest absolute Gasteiger partial charge is 0.337 e. The van der Waals surface area contributed by atoms with Crippen molar-refractivity contribution in [1.29, 1.82) is 0 Å². The van der Waals surface area contributed by atoms with Crippen molar-refractivity contribution < 1.29 is 35.1 Å². The average molecular weight is 344 g/mol. The van der Waals surface area contributed by atoms with Gasteiger partial charge >= 0.3 is 5.97 Å². The van der Waals surface area contributed by atoms with Gasteiger partial charge in [-0.3, -0.25) is 0 Å². The van der Waals surface area contributed by atoms with Gasteiger partial charge in [0.2, 0.25) is 5.06 Å². The number of aliphatic hydroxyl groups excluding tert-OH is 2. The molecule has 8 nitrogen and oxygen atoms in total. The summed E-state index contributed by atoms with van der Waals surface area (Å²) in [6.45, 7) is 0. The zero-order chi connectivity index (χ0) is 17.4. The van der Waals surface area contributed by atoms with Crippen molar-refractivity contribution >= 4 is 34.8 Å². The van der Waals surface area contributed by atoms with E-state index < -0.39 is 28.8 Å². The highest BCUT2D eigenvalue weighted by atomic mass is 35.5. The fourth-order valence-corrected chi connectivity index (χ4v) is 2.61.